The van der Waals surface area contributed by atoms with Crippen molar-refractivity contribution in [2.45, 2.75) is 23.1 Å². The maximum atomic E-state index is 12.7. The van der Waals surface area contributed by atoms with Gasteiger partial charge in [-0.25, -0.2) is 4.39 Å². The molecule has 0 fully saturated rings. The molecule has 1 rings (SSSR count). The molecule has 0 heterocycles. The topological polar surface area (TPSA) is 52.3 Å². The van der Waals surface area contributed by atoms with Crippen LogP contribution in [0.25, 0.3) is 0 Å². The average Bonchev–Trinajstić information content (AvgIpc) is 2.30. The van der Waals surface area contributed by atoms with Gasteiger partial charge in [0.05, 0.1) is 7.11 Å². The number of nitrogens with two attached hydrogens (primary N) is 1. The molecule has 0 bridgehead atoms. The molecule has 0 amide bonds. The summed E-state index contributed by atoms with van der Waals surface area (Å²) in [5.74, 6) is -0.726. The molecule has 0 saturated carbocycles. The van der Waals surface area contributed by atoms with Crippen LogP contribution in [0.4, 0.5) is 4.39 Å². The van der Waals surface area contributed by atoms with Gasteiger partial charge in [-0.3, -0.25) is 4.79 Å². The molecule has 0 unspecified atom stereocenters. The summed E-state index contributed by atoms with van der Waals surface area (Å²) < 4.78 is 17.2. The van der Waals surface area contributed by atoms with Crippen LogP contribution < -0.4 is 5.73 Å². The quantitative estimate of drug-likeness (QED) is 0.647. The average molecular weight is 243 g/mol. The number of esters is 1. The summed E-state index contributed by atoms with van der Waals surface area (Å²) in [5.41, 5.74) is 5.68. The lowest BCUT2D eigenvalue weighted by atomic mass is 10.2. The number of methoxy groups -OCH3 is 1. The third kappa shape index (κ3) is 3.50. The number of thioether (sulfide) groups is 1. The van der Waals surface area contributed by atoms with Gasteiger partial charge in [0.1, 0.15) is 11.9 Å². The van der Waals surface area contributed by atoms with E-state index in [1.165, 1.54) is 31.0 Å². The second-order valence-corrected chi connectivity index (χ2v) is 4.78. The highest BCUT2D eigenvalue weighted by molar-refractivity contribution is 8.00. The minimum atomic E-state index is -0.681. The Morgan fingerprint density at radius 2 is 2.00 bits per heavy atom. The first-order chi connectivity index (χ1) is 7.54. The highest BCUT2D eigenvalue weighted by Crippen LogP contribution is 2.24. The molecule has 0 aliphatic rings. The first-order valence-electron chi connectivity index (χ1n) is 4.80. The Balaban J connectivity index is 2.60. The Bertz CT molecular complexity index is 356. The molecule has 0 aromatic heterocycles. The van der Waals surface area contributed by atoms with Crippen LogP contribution in [-0.2, 0) is 9.53 Å². The van der Waals surface area contributed by atoms with Crippen LogP contribution in [0.3, 0.4) is 0 Å². The van der Waals surface area contributed by atoms with E-state index in [2.05, 4.69) is 4.74 Å². The van der Waals surface area contributed by atoms with E-state index in [0.717, 1.165) is 4.90 Å². The molecule has 0 spiro atoms. The van der Waals surface area contributed by atoms with Crippen LogP contribution in [0.1, 0.15) is 6.92 Å². The third-order valence-electron chi connectivity index (χ3n) is 2.11. The molecule has 0 radical (unpaired) electrons. The van der Waals surface area contributed by atoms with E-state index >= 15 is 0 Å². The molecule has 3 nitrogen and oxygen atoms in total. The predicted octanol–water partition coefficient (Wildman–Crippen LogP) is 1.81. The van der Waals surface area contributed by atoms with Gasteiger partial charge in [0.25, 0.3) is 0 Å². The monoisotopic (exact) mass is 243 g/mol. The lowest BCUT2D eigenvalue weighted by Gasteiger charge is -2.16. The zero-order chi connectivity index (χ0) is 12.1. The summed E-state index contributed by atoms with van der Waals surface area (Å²) in [6, 6.07) is 5.37. The molecule has 0 saturated heterocycles. The summed E-state index contributed by atoms with van der Waals surface area (Å²) in [6.45, 7) is 1.83. The number of ether oxygens (including phenoxy) is 1. The van der Waals surface area contributed by atoms with Crippen molar-refractivity contribution < 1.29 is 13.9 Å². The van der Waals surface area contributed by atoms with E-state index < -0.39 is 12.0 Å². The van der Waals surface area contributed by atoms with Gasteiger partial charge in [-0.1, -0.05) is 6.92 Å². The smallest absolute Gasteiger partial charge is 0.323 e. The van der Waals surface area contributed by atoms with Gasteiger partial charge in [-0.2, -0.15) is 0 Å². The van der Waals surface area contributed by atoms with Gasteiger partial charge in [0.2, 0.25) is 0 Å². The number of hydrogen-bond donors (Lipinski definition) is 1. The molecule has 16 heavy (non-hydrogen) atoms. The van der Waals surface area contributed by atoms with Crippen LogP contribution in [-0.4, -0.2) is 24.4 Å². The minimum Gasteiger partial charge on any atom is -0.468 e. The van der Waals surface area contributed by atoms with Crippen molar-refractivity contribution in [3.05, 3.63) is 30.1 Å². The van der Waals surface area contributed by atoms with Crippen molar-refractivity contribution in [2.75, 3.05) is 7.11 Å². The lowest BCUT2D eigenvalue weighted by molar-refractivity contribution is -0.142. The highest BCUT2D eigenvalue weighted by atomic mass is 32.2. The summed E-state index contributed by atoms with van der Waals surface area (Å²) in [7, 11) is 1.30. The van der Waals surface area contributed by atoms with Crippen LogP contribution in [0.2, 0.25) is 0 Å². The van der Waals surface area contributed by atoms with E-state index in [9.17, 15) is 9.18 Å². The third-order valence-corrected chi connectivity index (χ3v) is 3.32. The van der Waals surface area contributed by atoms with Crippen molar-refractivity contribution in [1.29, 1.82) is 0 Å². The number of carbonyl (C=O) groups excluding carboxylic acids is 1. The molecule has 1 aromatic carbocycles. The number of rotatable bonds is 4. The summed E-state index contributed by atoms with van der Waals surface area (Å²) in [4.78, 5) is 12.0. The lowest BCUT2D eigenvalue weighted by Crippen LogP contribution is -2.39. The summed E-state index contributed by atoms with van der Waals surface area (Å²) in [5, 5.41) is -0.127. The van der Waals surface area contributed by atoms with E-state index in [4.69, 9.17) is 5.73 Å². The molecule has 2 N–H and O–H groups in total. The number of halogens is 1. The Morgan fingerprint density at radius 3 is 2.50 bits per heavy atom. The summed E-state index contributed by atoms with van der Waals surface area (Å²) >= 11 is 1.41. The summed E-state index contributed by atoms with van der Waals surface area (Å²) in [6.07, 6.45) is 0. The van der Waals surface area contributed by atoms with Crippen molar-refractivity contribution in [1.82, 2.24) is 0 Å². The SMILES string of the molecule is COC(=O)[C@@H](N)[C@H](C)Sc1ccc(F)cc1. The number of hydrogen-bond acceptors (Lipinski definition) is 4. The zero-order valence-electron chi connectivity index (χ0n) is 9.14. The van der Waals surface area contributed by atoms with Gasteiger partial charge in [0.15, 0.2) is 0 Å². The molecular formula is C11H14FNO2S. The molecule has 88 valence electrons. The Hall–Kier alpha value is -1.07. The van der Waals surface area contributed by atoms with Crippen molar-refractivity contribution >= 4 is 17.7 Å². The second-order valence-electron chi connectivity index (χ2n) is 3.33. The van der Waals surface area contributed by atoms with Crippen molar-refractivity contribution in [2.24, 2.45) is 5.73 Å². The Morgan fingerprint density at radius 1 is 1.44 bits per heavy atom. The number of benzene rings is 1. The van der Waals surface area contributed by atoms with Crippen molar-refractivity contribution in [3.8, 4) is 0 Å². The molecule has 1 aromatic rings. The maximum Gasteiger partial charge on any atom is 0.323 e. The van der Waals surface area contributed by atoms with Crippen molar-refractivity contribution in [3.63, 3.8) is 0 Å². The van der Waals surface area contributed by atoms with E-state index in [0.29, 0.717) is 0 Å². The normalized spacial score (nSPS) is 14.2. The van der Waals surface area contributed by atoms with Crippen LogP contribution in [0.5, 0.6) is 0 Å². The molecule has 5 heteroatoms. The standard InChI is InChI=1S/C11H14FNO2S/c1-7(10(13)11(14)15-2)16-9-5-3-8(12)4-6-9/h3-7,10H,13H2,1-2H3/t7-,10-/m0/s1. The molecule has 0 aliphatic carbocycles. The second kappa shape index (κ2) is 5.86. The highest BCUT2D eigenvalue weighted by Gasteiger charge is 2.22. The zero-order valence-corrected chi connectivity index (χ0v) is 9.96. The fraction of sp³-hybridized carbons (Fsp3) is 0.364. The largest absolute Gasteiger partial charge is 0.468 e. The van der Waals surface area contributed by atoms with Crippen LogP contribution >= 0.6 is 11.8 Å². The van der Waals surface area contributed by atoms with Gasteiger partial charge in [0, 0.05) is 10.1 Å². The van der Waals surface area contributed by atoms with E-state index in [1.54, 1.807) is 12.1 Å². The van der Waals surface area contributed by atoms with Gasteiger partial charge < -0.3 is 10.5 Å². The predicted molar refractivity (Wildman–Crippen MR) is 61.7 cm³/mol. The van der Waals surface area contributed by atoms with Gasteiger partial charge >= 0.3 is 5.97 Å². The molecular weight excluding hydrogens is 229 g/mol. The Kier molecular flexibility index (Phi) is 4.76. The van der Waals surface area contributed by atoms with E-state index in [-0.39, 0.29) is 11.1 Å². The van der Waals surface area contributed by atoms with Crippen LogP contribution in [0.15, 0.2) is 29.2 Å². The molecule has 2 atom stereocenters. The first kappa shape index (κ1) is 13.0. The maximum absolute atomic E-state index is 12.7. The van der Waals surface area contributed by atoms with E-state index in [1.807, 2.05) is 6.92 Å². The molecule has 0 aliphatic heterocycles. The van der Waals surface area contributed by atoms with Gasteiger partial charge in [-0.05, 0) is 24.3 Å². The van der Waals surface area contributed by atoms with Crippen LogP contribution in [0, 0.1) is 5.82 Å². The minimum absolute atomic E-state index is 0.127. The Labute approximate surface area is 98.2 Å². The fourth-order valence-electron chi connectivity index (χ4n) is 1.13. The fourth-order valence-corrected chi connectivity index (χ4v) is 2.11. The number of carbonyl (C=O) groups is 1. The van der Waals surface area contributed by atoms with Gasteiger partial charge in [-0.15, -0.1) is 11.8 Å². The first-order valence-corrected chi connectivity index (χ1v) is 5.68.